The Kier molecular flexibility index (Phi) is 25.8. The molecule has 0 heterocycles. The number of rotatable bonds is 29. The van der Waals surface area contributed by atoms with Gasteiger partial charge in [-0.05, 0) is 38.5 Å². The fourth-order valence-electron chi connectivity index (χ4n) is 8.19. The van der Waals surface area contributed by atoms with E-state index in [1.165, 1.54) is 167 Å². The summed E-state index contributed by atoms with van der Waals surface area (Å²) in [5, 5.41) is 0. The van der Waals surface area contributed by atoms with Crippen LogP contribution in [0.4, 0.5) is 0 Å². The summed E-state index contributed by atoms with van der Waals surface area (Å²) in [6.07, 6.45) is 42.6. The van der Waals surface area contributed by atoms with E-state index in [0.717, 1.165) is 51.6 Å². The van der Waals surface area contributed by atoms with Gasteiger partial charge in [0.1, 0.15) is 0 Å². The molecule has 0 bridgehead atoms. The Labute approximate surface area is 288 Å². The van der Waals surface area contributed by atoms with E-state index < -0.39 is 0 Å². The topological polar surface area (TPSA) is 40.6 Å². The maximum absolute atomic E-state index is 13.7. The number of carbonyl (C=O) groups is 2. The number of nitrogens with zero attached hydrogens (tertiary/aromatic N) is 2. The lowest BCUT2D eigenvalue weighted by atomic mass is 9.93. The summed E-state index contributed by atoms with van der Waals surface area (Å²) < 4.78 is 0. The first-order valence-corrected chi connectivity index (χ1v) is 21.3. The van der Waals surface area contributed by atoms with Crippen molar-refractivity contribution in [1.82, 2.24) is 9.80 Å². The van der Waals surface area contributed by atoms with Gasteiger partial charge in [0.15, 0.2) is 0 Å². The van der Waals surface area contributed by atoms with E-state index in [1.54, 1.807) is 0 Å². The summed E-state index contributed by atoms with van der Waals surface area (Å²) in [5.41, 5.74) is 0. The predicted molar refractivity (Wildman–Crippen MR) is 199 cm³/mol. The average molecular weight is 645 g/mol. The van der Waals surface area contributed by atoms with Gasteiger partial charge in [0.25, 0.3) is 0 Å². The van der Waals surface area contributed by atoms with Gasteiger partial charge in [-0.25, -0.2) is 0 Å². The van der Waals surface area contributed by atoms with E-state index in [1.807, 2.05) is 0 Å². The second-order valence-electron chi connectivity index (χ2n) is 15.3. The Hall–Kier alpha value is -1.06. The Morgan fingerprint density at radius 3 is 0.935 bits per heavy atom. The standard InChI is InChI=1S/C42H80N2O2/c1-3-5-7-9-11-13-15-17-19-21-29-35-41(45)43(39-31-25-23-26-32-39)37-38-44(40-33-27-24-28-34-40)42(46)36-30-22-20-18-16-14-12-10-8-6-4-2/h39-40H,3-38H2,1-2H3. The highest BCUT2D eigenvalue weighted by Crippen LogP contribution is 2.27. The first-order chi connectivity index (χ1) is 22.7. The molecule has 2 aliphatic rings. The molecule has 2 amide bonds. The van der Waals surface area contributed by atoms with E-state index in [2.05, 4.69) is 23.6 Å². The van der Waals surface area contributed by atoms with Gasteiger partial charge in [-0.15, -0.1) is 0 Å². The molecule has 0 aliphatic heterocycles. The molecule has 0 atom stereocenters. The summed E-state index contributed by atoms with van der Waals surface area (Å²) in [5.74, 6) is 0.730. The molecule has 0 aromatic heterocycles. The van der Waals surface area contributed by atoms with Crippen LogP contribution in [0.1, 0.15) is 232 Å². The molecule has 0 aromatic carbocycles. The van der Waals surface area contributed by atoms with Crippen molar-refractivity contribution >= 4 is 11.8 Å². The largest absolute Gasteiger partial charge is 0.338 e. The number of unbranched alkanes of at least 4 members (excludes halogenated alkanes) is 20. The quantitative estimate of drug-likeness (QED) is 0.0760. The SMILES string of the molecule is CCCCCCCCCCCCCC(=O)N(CCN(C(=O)CCCCCCCCCCCCC)C1CCCCC1)C1CCCCC1. The third kappa shape index (κ3) is 19.7. The van der Waals surface area contributed by atoms with Crippen LogP contribution in [0.5, 0.6) is 0 Å². The third-order valence-corrected chi connectivity index (χ3v) is 11.2. The predicted octanol–water partition coefficient (Wildman–Crippen LogP) is 12.7. The number of amides is 2. The fraction of sp³-hybridized carbons (Fsp3) is 0.952. The zero-order valence-electron chi connectivity index (χ0n) is 31.3. The van der Waals surface area contributed by atoms with Crippen molar-refractivity contribution in [2.24, 2.45) is 0 Å². The summed E-state index contributed by atoms with van der Waals surface area (Å²) in [6.45, 7) is 6.07. The van der Waals surface area contributed by atoms with E-state index in [4.69, 9.17) is 0 Å². The van der Waals surface area contributed by atoms with Gasteiger partial charge in [0.2, 0.25) is 11.8 Å². The smallest absolute Gasteiger partial charge is 0.222 e. The summed E-state index contributed by atoms with van der Waals surface area (Å²) >= 11 is 0. The minimum absolute atomic E-state index is 0.365. The van der Waals surface area contributed by atoms with E-state index in [9.17, 15) is 9.59 Å². The molecule has 0 spiro atoms. The van der Waals surface area contributed by atoms with Crippen molar-refractivity contribution < 1.29 is 9.59 Å². The second kappa shape index (κ2) is 28.9. The maximum Gasteiger partial charge on any atom is 0.222 e. The highest BCUT2D eigenvalue weighted by atomic mass is 16.2. The highest BCUT2D eigenvalue weighted by molar-refractivity contribution is 5.78. The number of hydrogen-bond acceptors (Lipinski definition) is 2. The van der Waals surface area contributed by atoms with Crippen LogP contribution in [0, 0.1) is 0 Å². The number of carbonyl (C=O) groups excluding carboxylic acids is 2. The van der Waals surface area contributed by atoms with E-state index in [-0.39, 0.29) is 0 Å². The van der Waals surface area contributed by atoms with Crippen LogP contribution in [0.2, 0.25) is 0 Å². The Bertz CT molecular complexity index is 652. The van der Waals surface area contributed by atoms with Crippen molar-refractivity contribution in [1.29, 1.82) is 0 Å². The van der Waals surface area contributed by atoms with Crippen LogP contribution in [0.25, 0.3) is 0 Å². The van der Waals surface area contributed by atoms with Crippen LogP contribution >= 0.6 is 0 Å². The number of hydrogen-bond donors (Lipinski definition) is 0. The molecular formula is C42H80N2O2. The molecule has 2 aliphatic carbocycles. The van der Waals surface area contributed by atoms with Gasteiger partial charge in [-0.3, -0.25) is 9.59 Å². The Morgan fingerprint density at radius 2 is 0.652 bits per heavy atom. The van der Waals surface area contributed by atoms with Gasteiger partial charge < -0.3 is 9.80 Å². The van der Waals surface area contributed by atoms with Crippen LogP contribution in [0.15, 0.2) is 0 Å². The van der Waals surface area contributed by atoms with E-state index >= 15 is 0 Å². The van der Waals surface area contributed by atoms with Gasteiger partial charge in [-0.2, -0.15) is 0 Å². The highest BCUT2D eigenvalue weighted by Gasteiger charge is 2.29. The first kappa shape index (κ1) is 41.1. The molecule has 0 radical (unpaired) electrons. The van der Waals surface area contributed by atoms with Crippen molar-refractivity contribution in [2.75, 3.05) is 13.1 Å². The minimum Gasteiger partial charge on any atom is -0.338 e. The third-order valence-electron chi connectivity index (χ3n) is 11.2. The average Bonchev–Trinajstić information content (AvgIpc) is 3.08. The molecule has 4 heteroatoms. The first-order valence-electron chi connectivity index (χ1n) is 21.3. The van der Waals surface area contributed by atoms with Gasteiger partial charge >= 0.3 is 0 Å². The second-order valence-corrected chi connectivity index (χ2v) is 15.3. The Morgan fingerprint density at radius 1 is 0.391 bits per heavy atom. The lowest BCUT2D eigenvalue weighted by Gasteiger charge is -2.39. The zero-order chi connectivity index (χ0) is 32.9. The lowest BCUT2D eigenvalue weighted by Crippen LogP contribution is -2.49. The zero-order valence-corrected chi connectivity index (χ0v) is 31.3. The van der Waals surface area contributed by atoms with Crippen molar-refractivity contribution in [3.05, 3.63) is 0 Å². The molecule has 46 heavy (non-hydrogen) atoms. The van der Waals surface area contributed by atoms with Crippen molar-refractivity contribution in [3.63, 3.8) is 0 Å². The molecular weight excluding hydrogens is 564 g/mol. The maximum atomic E-state index is 13.7. The fourth-order valence-corrected chi connectivity index (χ4v) is 8.19. The van der Waals surface area contributed by atoms with Crippen molar-refractivity contribution in [2.45, 2.75) is 244 Å². The summed E-state index contributed by atoms with van der Waals surface area (Å²) in [6, 6.07) is 0.785. The molecule has 270 valence electrons. The van der Waals surface area contributed by atoms with Crippen LogP contribution in [-0.2, 0) is 9.59 Å². The molecule has 0 aromatic rings. The van der Waals surface area contributed by atoms with Crippen LogP contribution in [0.3, 0.4) is 0 Å². The Balaban J connectivity index is 1.75. The van der Waals surface area contributed by atoms with Gasteiger partial charge in [-0.1, -0.05) is 181 Å². The minimum atomic E-state index is 0.365. The molecule has 2 saturated carbocycles. The van der Waals surface area contributed by atoms with Crippen LogP contribution in [-0.4, -0.2) is 46.8 Å². The normalized spacial score (nSPS) is 16.1. The molecule has 2 fully saturated rings. The van der Waals surface area contributed by atoms with Crippen LogP contribution < -0.4 is 0 Å². The molecule has 0 N–H and O–H groups in total. The van der Waals surface area contributed by atoms with Crippen molar-refractivity contribution in [3.8, 4) is 0 Å². The molecule has 4 nitrogen and oxygen atoms in total. The monoisotopic (exact) mass is 645 g/mol. The molecule has 2 rings (SSSR count). The van der Waals surface area contributed by atoms with E-state index in [0.29, 0.717) is 36.7 Å². The molecule has 0 saturated heterocycles. The summed E-state index contributed by atoms with van der Waals surface area (Å²) in [4.78, 5) is 31.8. The summed E-state index contributed by atoms with van der Waals surface area (Å²) in [7, 11) is 0. The lowest BCUT2D eigenvalue weighted by molar-refractivity contribution is -0.139. The molecule has 0 unspecified atom stereocenters. The van der Waals surface area contributed by atoms with Gasteiger partial charge in [0, 0.05) is 38.0 Å². The van der Waals surface area contributed by atoms with Gasteiger partial charge in [0.05, 0.1) is 0 Å².